The molecular weight excluding hydrogens is 256 g/mol. The van der Waals surface area contributed by atoms with Crippen molar-refractivity contribution < 1.29 is 19.3 Å². The van der Waals surface area contributed by atoms with E-state index in [0.717, 1.165) is 16.7 Å². The minimum absolute atomic E-state index is 0.148. The highest BCUT2D eigenvalue weighted by Gasteiger charge is 2.25. The SMILES string of the molecule is COCOc1cc(-c2ccccc2)c(O)c2c1OCC2. The lowest BCUT2D eigenvalue weighted by atomic mass is 9.99. The normalized spacial score (nSPS) is 12.8. The van der Waals surface area contributed by atoms with E-state index < -0.39 is 0 Å². The van der Waals surface area contributed by atoms with Crippen molar-refractivity contribution in [2.75, 3.05) is 20.5 Å². The van der Waals surface area contributed by atoms with Gasteiger partial charge in [0.15, 0.2) is 18.3 Å². The van der Waals surface area contributed by atoms with Crippen LogP contribution in [-0.4, -0.2) is 25.6 Å². The van der Waals surface area contributed by atoms with Crippen LogP contribution in [-0.2, 0) is 11.2 Å². The summed E-state index contributed by atoms with van der Waals surface area (Å²) in [5.74, 6) is 1.50. The van der Waals surface area contributed by atoms with Gasteiger partial charge in [0.1, 0.15) is 5.75 Å². The molecule has 1 N–H and O–H groups in total. The van der Waals surface area contributed by atoms with E-state index >= 15 is 0 Å². The lowest BCUT2D eigenvalue weighted by molar-refractivity contribution is 0.0491. The number of benzene rings is 2. The largest absolute Gasteiger partial charge is 0.507 e. The summed E-state index contributed by atoms with van der Waals surface area (Å²) in [6.45, 7) is 0.708. The van der Waals surface area contributed by atoms with Gasteiger partial charge in [-0.25, -0.2) is 0 Å². The van der Waals surface area contributed by atoms with E-state index in [1.807, 2.05) is 30.3 Å². The highest BCUT2D eigenvalue weighted by molar-refractivity contribution is 5.77. The van der Waals surface area contributed by atoms with Gasteiger partial charge in [-0.1, -0.05) is 30.3 Å². The molecule has 0 amide bonds. The molecule has 104 valence electrons. The zero-order chi connectivity index (χ0) is 13.9. The summed E-state index contributed by atoms with van der Waals surface area (Å²) in [5.41, 5.74) is 2.50. The summed E-state index contributed by atoms with van der Waals surface area (Å²) >= 11 is 0. The minimum Gasteiger partial charge on any atom is -0.507 e. The van der Waals surface area contributed by atoms with Gasteiger partial charge in [0.2, 0.25) is 0 Å². The number of ether oxygens (including phenoxy) is 3. The molecule has 3 rings (SSSR count). The molecule has 2 aromatic carbocycles. The van der Waals surface area contributed by atoms with E-state index in [1.165, 1.54) is 0 Å². The lowest BCUT2D eigenvalue weighted by Crippen LogP contribution is -2.01. The van der Waals surface area contributed by atoms with Crippen LogP contribution >= 0.6 is 0 Å². The number of phenolic OH excluding ortho intramolecular Hbond substituents is 1. The smallest absolute Gasteiger partial charge is 0.188 e. The summed E-state index contributed by atoms with van der Waals surface area (Å²) < 4.78 is 16.1. The Hall–Kier alpha value is -2.20. The average molecular weight is 272 g/mol. The van der Waals surface area contributed by atoms with Gasteiger partial charge in [-0.3, -0.25) is 0 Å². The van der Waals surface area contributed by atoms with Crippen LogP contribution in [0.1, 0.15) is 5.56 Å². The minimum atomic E-state index is 0.148. The van der Waals surface area contributed by atoms with E-state index in [1.54, 1.807) is 13.2 Å². The highest BCUT2D eigenvalue weighted by atomic mass is 16.7. The van der Waals surface area contributed by atoms with Crippen LogP contribution in [0.15, 0.2) is 36.4 Å². The molecule has 1 aliphatic rings. The fourth-order valence-corrected chi connectivity index (χ4v) is 2.40. The van der Waals surface area contributed by atoms with E-state index in [0.29, 0.717) is 24.5 Å². The number of fused-ring (bicyclic) bond motifs is 1. The van der Waals surface area contributed by atoms with Gasteiger partial charge < -0.3 is 19.3 Å². The van der Waals surface area contributed by atoms with Gasteiger partial charge in [-0.2, -0.15) is 0 Å². The van der Waals surface area contributed by atoms with Gasteiger partial charge in [0, 0.05) is 24.7 Å². The van der Waals surface area contributed by atoms with Gasteiger partial charge in [0.05, 0.1) is 6.61 Å². The van der Waals surface area contributed by atoms with E-state index in [-0.39, 0.29) is 12.5 Å². The number of rotatable bonds is 4. The fourth-order valence-electron chi connectivity index (χ4n) is 2.40. The van der Waals surface area contributed by atoms with Gasteiger partial charge in [0.25, 0.3) is 0 Å². The Morgan fingerprint density at radius 1 is 1.25 bits per heavy atom. The number of aromatic hydroxyl groups is 1. The summed E-state index contributed by atoms with van der Waals surface area (Å²) in [6.07, 6.45) is 0.686. The number of phenols is 1. The third-order valence-electron chi connectivity index (χ3n) is 3.33. The molecule has 0 spiro atoms. The second-order valence-corrected chi connectivity index (χ2v) is 4.59. The molecule has 0 unspecified atom stereocenters. The van der Waals surface area contributed by atoms with Crippen LogP contribution in [0.2, 0.25) is 0 Å². The molecule has 0 bridgehead atoms. The molecule has 2 aromatic rings. The topological polar surface area (TPSA) is 47.9 Å². The molecule has 0 saturated heterocycles. The van der Waals surface area contributed by atoms with Crippen LogP contribution in [0.4, 0.5) is 0 Å². The Morgan fingerprint density at radius 3 is 2.80 bits per heavy atom. The Balaban J connectivity index is 2.11. The summed E-state index contributed by atoms with van der Waals surface area (Å²) in [4.78, 5) is 0. The van der Waals surface area contributed by atoms with Crippen molar-refractivity contribution in [2.45, 2.75) is 6.42 Å². The molecule has 20 heavy (non-hydrogen) atoms. The van der Waals surface area contributed by atoms with Crippen molar-refractivity contribution in [3.8, 4) is 28.4 Å². The second kappa shape index (κ2) is 5.43. The van der Waals surface area contributed by atoms with Crippen molar-refractivity contribution in [3.05, 3.63) is 42.0 Å². The Bertz CT molecular complexity index is 608. The molecule has 0 saturated carbocycles. The fraction of sp³-hybridized carbons (Fsp3) is 0.250. The maximum Gasteiger partial charge on any atom is 0.188 e. The molecule has 1 aliphatic heterocycles. The van der Waals surface area contributed by atoms with Crippen LogP contribution < -0.4 is 9.47 Å². The van der Waals surface area contributed by atoms with Crippen LogP contribution in [0.3, 0.4) is 0 Å². The van der Waals surface area contributed by atoms with E-state index in [4.69, 9.17) is 14.2 Å². The Morgan fingerprint density at radius 2 is 2.05 bits per heavy atom. The molecular formula is C16H16O4. The summed E-state index contributed by atoms with van der Waals surface area (Å²) in [7, 11) is 1.57. The first-order chi connectivity index (χ1) is 9.81. The third kappa shape index (κ3) is 2.18. The number of methoxy groups -OCH3 is 1. The van der Waals surface area contributed by atoms with Crippen molar-refractivity contribution in [3.63, 3.8) is 0 Å². The number of hydrogen-bond acceptors (Lipinski definition) is 4. The molecule has 0 fully saturated rings. The van der Waals surface area contributed by atoms with Crippen molar-refractivity contribution in [2.24, 2.45) is 0 Å². The maximum absolute atomic E-state index is 10.4. The predicted octanol–water partition coefficient (Wildman–Crippen LogP) is 2.98. The predicted molar refractivity (Wildman–Crippen MR) is 75.2 cm³/mol. The molecule has 0 atom stereocenters. The molecule has 0 aliphatic carbocycles. The molecule has 1 heterocycles. The first-order valence-electron chi connectivity index (χ1n) is 6.50. The standard InChI is InChI=1S/C16H16O4/c1-18-10-20-14-9-13(11-5-3-2-4-6-11)15(17)12-7-8-19-16(12)14/h2-6,9,17H,7-8,10H2,1H3. The maximum atomic E-state index is 10.4. The first kappa shape index (κ1) is 12.8. The quantitative estimate of drug-likeness (QED) is 0.869. The van der Waals surface area contributed by atoms with Crippen molar-refractivity contribution >= 4 is 0 Å². The zero-order valence-corrected chi connectivity index (χ0v) is 11.3. The molecule has 0 aromatic heterocycles. The van der Waals surface area contributed by atoms with E-state index in [2.05, 4.69) is 0 Å². The lowest BCUT2D eigenvalue weighted by Gasteiger charge is -2.14. The highest BCUT2D eigenvalue weighted by Crippen LogP contribution is 2.46. The summed E-state index contributed by atoms with van der Waals surface area (Å²) in [6, 6.07) is 11.5. The van der Waals surface area contributed by atoms with Crippen LogP contribution in [0.5, 0.6) is 17.2 Å². The molecule has 4 heteroatoms. The van der Waals surface area contributed by atoms with Gasteiger partial charge in [-0.15, -0.1) is 0 Å². The Kier molecular flexibility index (Phi) is 3.48. The van der Waals surface area contributed by atoms with Crippen LogP contribution in [0.25, 0.3) is 11.1 Å². The molecule has 4 nitrogen and oxygen atoms in total. The zero-order valence-electron chi connectivity index (χ0n) is 11.3. The average Bonchev–Trinajstić information content (AvgIpc) is 2.98. The first-order valence-corrected chi connectivity index (χ1v) is 6.50. The monoisotopic (exact) mass is 272 g/mol. The van der Waals surface area contributed by atoms with Crippen molar-refractivity contribution in [1.82, 2.24) is 0 Å². The van der Waals surface area contributed by atoms with Gasteiger partial charge in [-0.05, 0) is 11.6 Å². The van der Waals surface area contributed by atoms with Gasteiger partial charge >= 0.3 is 0 Å². The van der Waals surface area contributed by atoms with Crippen LogP contribution in [0, 0.1) is 0 Å². The molecule has 0 radical (unpaired) electrons. The Labute approximate surface area is 117 Å². The van der Waals surface area contributed by atoms with Crippen molar-refractivity contribution in [1.29, 1.82) is 0 Å². The summed E-state index contributed by atoms with van der Waals surface area (Å²) in [5, 5.41) is 10.4. The second-order valence-electron chi connectivity index (χ2n) is 4.59. The number of hydrogen-bond donors (Lipinski definition) is 1. The van der Waals surface area contributed by atoms with E-state index in [9.17, 15) is 5.11 Å². The third-order valence-corrected chi connectivity index (χ3v) is 3.33.